The van der Waals surface area contributed by atoms with Crippen molar-refractivity contribution in [2.45, 2.75) is 19.4 Å². The van der Waals surface area contributed by atoms with E-state index in [1.807, 2.05) is 32.0 Å². The van der Waals surface area contributed by atoms with Crippen molar-refractivity contribution in [2.24, 2.45) is 0 Å². The maximum absolute atomic E-state index is 11.7. The molecular weight excluding hydrogens is 254 g/mol. The van der Waals surface area contributed by atoms with Gasteiger partial charge in [0.25, 0.3) is 0 Å². The van der Waals surface area contributed by atoms with Crippen molar-refractivity contribution >= 4 is 5.97 Å². The van der Waals surface area contributed by atoms with Crippen molar-refractivity contribution in [2.75, 3.05) is 7.11 Å². The molecule has 1 heterocycles. The Morgan fingerprint density at radius 1 is 1.10 bits per heavy atom. The first-order chi connectivity index (χ1) is 9.54. The second kappa shape index (κ2) is 5.74. The molecule has 0 aliphatic heterocycles. The minimum absolute atomic E-state index is 0.411. The average molecular weight is 271 g/mol. The number of benzene rings is 1. The minimum atomic E-state index is -0.576. The van der Waals surface area contributed by atoms with E-state index in [0.29, 0.717) is 11.3 Å². The summed E-state index contributed by atoms with van der Waals surface area (Å²) in [5, 5.41) is 0. The first kappa shape index (κ1) is 14.1. The lowest BCUT2D eigenvalue weighted by Gasteiger charge is -2.27. The summed E-state index contributed by atoms with van der Waals surface area (Å²) in [7, 11) is 1.35. The van der Waals surface area contributed by atoms with Crippen molar-refractivity contribution in [3.8, 4) is 5.75 Å². The molecule has 1 aromatic carbocycles. The molecule has 0 radical (unpaired) electrons. The fraction of sp³-hybridized carbons (Fsp3) is 0.250. The van der Waals surface area contributed by atoms with Gasteiger partial charge >= 0.3 is 5.97 Å². The highest BCUT2D eigenvalue weighted by Crippen LogP contribution is 2.29. The molecule has 0 aliphatic carbocycles. The summed E-state index contributed by atoms with van der Waals surface area (Å²) in [5.74, 6) is 0.0901. The van der Waals surface area contributed by atoms with Crippen molar-refractivity contribution in [1.29, 1.82) is 0 Å². The first-order valence-electron chi connectivity index (χ1n) is 6.31. The topological polar surface area (TPSA) is 48.4 Å². The molecule has 0 fully saturated rings. The van der Waals surface area contributed by atoms with E-state index in [1.54, 1.807) is 30.6 Å². The van der Waals surface area contributed by atoms with E-state index in [1.165, 1.54) is 7.11 Å². The van der Waals surface area contributed by atoms with Crippen LogP contribution in [0.5, 0.6) is 5.75 Å². The molecule has 2 rings (SSSR count). The number of carbonyl (C=O) groups is 1. The zero-order valence-electron chi connectivity index (χ0n) is 11.8. The number of hydrogen-bond donors (Lipinski definition) is 0. The molecule has 0 unspecified atom stereocenters. The van der Waals surface area contributed by atoms with Crippen LogP contribution in [-0.4, -0.2) is 18.1 Å². The summed E-state index contributed by atoms with van der Waals surface area (Å²) in [6.07, 6.45) is 3.43. The lowest BCUT2D eigenvalue weighted by atomic mass is 9.99. The van der Waals surface area contributed by atoms with Gasteiger partial charge in [-0.15, -0.1) is 0 Å². The van der Waals surface area contributed by atoms with E-state index in [-0.39, 0.29) is 0 Å². The third kappa shape index (κ3) is 2.96. The van der Waals surface area contributed by atoms with Crippen molar-refractivity contribution in [3.63, 3.8) is 0 Å². The average Bonchev–Trinajstić information content (AvgIpc) is 2.47. The van der Waals surface area contributed by atoms with E-state index in [9.17, 15) is 4.79 Å². The van der Waals surface area contributed by atoms with Crippen LogP contribution < -0.4 is 4.74 Å². The second-order valence-corrected chi connectivity index (χ2v) is 4.84. The number of rotatable bonds is 4. The molecule has 104 valence electrons. The third-order valence-corrected chi connectivity index (χ3v) is 3.03. The number of methoxy groups -OCH3 is 1. The lowest BCUT2D eigenvalue weighted by Crippen LogP contribution is -2.26. The van der Waals surface area contributed by atoms with Crippen LogP contribution in [-0.2, 0) is 10.3 Å². The first-order valence-corrected chi connectivity index (χ1v) is 6.31. The highest BCUT2D eigenvalue weighted by Gasteiger charge is 2.25. The van der Waals surface area contributed by atoms with Crippen LogP contribution in [0.1, 0.15) is 29.8 Å². The van der Waals surface area contributed by atoms with Crippen LogP contribution in [0.25, 0.3) is 0 Å². The Labute approximate surface area is 118 Å². The Hall–Kier alpha value is -2.36. The van der Waals surface area contributed by atoms with Gasteiger partial charge in [0, 0.05) is 12.4 Å². The molecule has 0 spiro atoms. The lowest BCUT2D eigenvalue weighted by molar-refractivity contribution is 0.0579. The molecule has 1 aromatic heterocycles. The SMILES string of the molecule is COC(=O)c1ccccc1OC(C)(C)c1ccncc1. The maximum Gasteiger partial charge on any atom is 0.341 e. The molecule has 0 saturated heterocycles. The number of hydrogen-bond acceptors (Lipinski definition) is 4. The van der Waals surface area contributed by atoms with Crippen molar-refractivity contribution < 1.29 is 14.3 Å². The van der Waals surface area contributed by atoms with E-state index >= 15 is 0 Å². The minimum Gasteiger partial charge on any atom is -0.482 e. The molecule has 0 atom stereocenters. The maximum atomic E-state index is 11.7. The standard InChI is InChI=1S/C16H17NO3/c1-16(2,12-8-10-17-11-9-12)20-14-7-5-4-6-13(14)15(18)19-3/h4-11H,1-3H3. The summed E-state index contributed by atoms with van der Waals surface area (Å²) >= 11 is 0. The Morgan fingerprint density at radius 2 is 1.75 bits per heavy atom. The van der Waals surface area contributed by atoms with E-state index in [2.05, 4.69) is 4.98 Å². The highest BCUT2D eigenvalue weighted by atomic mass is 16.5. The van der Waals surface area contributed by atoms with Crippen LogP contribution in [0.3, 0.4) is 0 Å². The number of aromatic nitrogens is 1. The van der Waals surface area contributed by atoms with E-state index in [4.69, 9.17) is 9.47 Å². The molecule has 0 aliphatic rings. The number of esters is 1. The van der Waals surface area contributed by atoms with Gasteiger partial charge in [-0.3, -0.25) is 4.98 Å². The summed E-state index contributed by atoms with van der Waals surface area (Å²) in [5.41, 5.74) is 0.817. The molecule has 0 bridgehead atoms. The Bertz CT molecular complexity index is 594. The molecule has 2 aromatic rings. The number of pyridine rings is 1. The van der Waals surface area contributed by atoms with Crippen molar-refractivity contribution in [3.05, 3.63) is 59.9 Å². The molecule has 0 N–H and O–H groups in total. The third-order valence-electron chi connectivity index (χ3n) is 3.03. The Balaban J connectivity index is 2.32. The van der Waals surface area contributed by atoms with Crippen LogP contribution >= 0.6 is 0 Å². The Kier molecular flexibility index (Phi) is 4.03. The van der Waals surface area contributed by atoms with Crippen LogP contribution in [0.15, 0.2) is 48.8 Å². The Morgan fingerprint density at radius 3 is 2.40 bits per heavy atom. The quantitative estimate of drug-likeness (QED) is 0.801. The van der Waals surface area contributed by atoms with Gasteiger partial charge in [0.2, 0.25) is 0 Å². The fourth-order valence-electron chi connectivity index (χ4n) is 1.92. The number of carbonyl (C=O) groups excluding carboxylic acids is 1. The number of para-hydroxylation sites is 1. The van der Waals surface area contributed by atoms with Gasteiger partial charge in [0.1, 0.15) is 16.9 Å². The van der Waals surface area contributed by atoms with E-state index in [0.717, 1.165) is 5.56 Å². The van der Waals surface area contributed by atoms with E-state index < -0.39 is 11.6 Å². The highest BCUT2D eigenvalue weighted by molar-refractivity contribution is 5.92. The van der Waals surface area contributed by atoms with Crippen LogP contribution in [0.2, 0.25) is 0 Å². The molecule has 4 nitrogen and oxygen atoms in total. The van der Waals surface area contributed by atoms with Gasteiger partial charge in [0.15, 0.2) is 0 Å². The summed E-state index contributed by atoms with van der Waals surface area (Å²) in [4.78, 5) is 15.7. The van der Waals surface area contributed by atoms with Crippen LogP contribution in [0, 0.1) is 0 Å². The summed E-state index contributed by atoms with van der Waals surface area (Å²) in [6, 6.07) is 10.8. The molecule has 0 saturated carbocycles. The van der Waals surface area contributed by atoms with Gasteiger partial charge in [-0.2, -0.15) is 0 Å². The summed E-state index contributed by atoms with van der Waals surface area (Å²) in [6.45, 7) is 3.88. The van der Waals surface area contributed by atoms with Crippen molar-refractivity contribution in [1.82, 2.24) is 4.98 Å². The number of nitrogens with zero attached hydrogens (tertiary/aromatic N) is 1. The van der Waals surface area contributed by atoms with Gasteiger partial charge in [-0.05, 0) is 43.7 Å². The van der Waals surface area contributed by atoms with Gasteiger partial charge in [-0.1, -0.05) is 12.1 Å². The van der Waals surface area contributed by atoms with Gasteiger partial charge in [0.05, 0.1) is 7.11 Å². The molecule has 0 amide bonds. The monoisotopic (exact) mass is 271 g/mol. The van der Waals surface area contributed by atoms with Crippen LogP contribution in [0.4, 0.5) is 0 Å². The predicted octanol–water partition coefficient (Wildman–Crippen LogP) is 3.18. The smallest absolute Gasteiger partial charge is 0.341 e. The predicted molar refractivity (Wildman–Crippen MR) is 75.7 cm³/mol. The number of ether oxygens (including phenoxy) is 2. The second-order valence-electron chi connectivity index (χ2n) is 4.84. The fourth-order valence-corrected chi connectivity index (χ4v) is 1.92. The normalized spacial score (nSPS) is 10.9. The largest absolute Gasteiger partial charge is 0.482 e. The van der Waals surface area contributed by atoms with Gasteiger partial charge < -0.3 is 9.47 Å². The summed E-state index contributed by atoms with van der Waals surface area (Å²) < 4.78 is 10.8. The van der Waals surface area contributed by atoms with Gasteiger partial charge in [-0.25, -0.2) is 4.79 Å². The molecule has 4 heteroatoms. The zero-order valence-corrected chi connectivity index (χ0v) is 11.8. The molecular formula is C16H17NO3. The zero-order chi connectivity index (χ0) is 14.6. The molecule has 20 heavy (non-hydrogen) atoms.